The summed E-state index contributed by atoms with van der Waals surface area (Å²) >= 11 is 5.88. The number of halogens is 1. The van der Waals surface area contributed by atoms with Gasteiger partial charge in [0.15, 0.2) is 0 Å². The molecule has 0 aliphatic heterocycles. The Morgan fingerprint density at radius 3 is 2.69 bits per heavy atom. The van der Waals surface area contributed by atoms with E-state index in [1.54, 1.807) is 48.5 Å². The Kier molecular flexibility index (Phi) is 5.34. The van der Waals surface area contributed by atoms with E-state index in [0.29, 0.717) is 34.2 Å². The van der Waals surface area contributed by atoms with Gasteiger partial charge in [-0.05, 0) is 30.3 Å². The van der Waals surface area contributed by atoms with Crippen molar-refractivity contribution in [1.82, 2.24) is 0 Å². The Hall–Kier alpha value is -3.12. The number of nitro groups is 1. The van der Waals surface area contributed by atoms with Gasteiger partial charge in [-0.2, -0.15) is 0 Å². The van der Waals surface area contributed by atoms with Crippen molar-refractivity contribution in [2.45, 2.75) is 12.8 Å². The summed E-state index contributed by atoms with van der Waals surface area (Å²) in [6.07, 6.45) is 0.662. The van der Waals surface area contributed by atoms with Crippen LogP contribution in [0.3, 0.4) is 0 Å². The van der Waals surface area contributed by atoms with Crippen molar-refractivity contribution in [3.8, 4) is 11.3 Å². The van der Waals surface area contributed by atoms with E-state index in [1.165, 1.54) is 12.1 Å². The van der Waals surface area contributed by atoms with E-state index in [9.17, 15) is 14.9 Å². The van der Waals surface area contributed by atoms with Gasteiger partial charge < -0.3 is 9.73 Å². The second kappa shape index (κ2) is 7.84. The van der Waals surface area contributed by atoms with Crippen molar-refractivity contribution in [2.75, 3.05) is 5.32 Å². The van der Waals surface area contributed by atoms with Crippen LogP contribution in [-0.4, -0.2) is 10.8 Å². The highest BCUT2D eigenvalue weighted by Gasteiger charge is 2.11. The lowest BCUT2D eigenvalue weighted by atomic mass is 10.1. The first-order valence-corrected chi connectivity index (χ1v) is 8.28. The van der Waals surface area contributed by atoms with Crippen LogP contribution in [0.4, 0.5) is 11.4 Å². The zero-order valence-electron chi connectivity index (χ0n) is 13.6. The summed E-state index contributed by atoms with van der Waals surface area (Å²) in [4.78, 5) is 22.4. The highest BCUT2D eigenvalue weighted by molar-refractivity contribution is 6.30. The molecule has 0 radical (unpaired) electrons. The van der Waals surface area contributed by atoms with Crippen LogP contribution >= 0.6 is 11.6 Å². The Balaban J connectivity index is 1.61. The quantitative estimate of drug-likeness (QED) is 0.484. The topological polar surface area (TPSA) is 85.4 Å². The molecule has 3 rings (SSSR count). The van der Waals surface area contributed by atoms with Crippen molar-refractivity contribution in [3.63, 3.8) is 0 Å². The number of nitrogens with zero attached hydrogens (tertiary/aromatic N) is 1. The maximum absolute atomic E-state index is 12.0. The molecule has 1 amide bonds. The van der Waals surface area contributed by atoms with Crippen molar-refractivity contribution in [1.29, 1.82) is 0 Å². The van der Waals surface area contributed by atoms with Gasteiger partial charge in [-0.3, -0.25) is 14.9 Å². The molecule has 0 saturated heterocycles. The summed E-state index contributed by atoms with van der Waals surface area (Å²) in [5, 5.41) is 14.2. The van der Waals surface area contributed by atoms with Gasteiger partial charge in [0.25, 0.3) is 5.69 Å². The number of furan rings is 1. The van der Waals surface area contributed by atoms with Crippen LogP contribution < -0.4 is 5.32 Å². The number of amides is 1. The Morgan fingerprint density at radius 1 is 1.12 bits per heavy atom. The first kappa shape index (κ1) is 17.7. The fraction of sp³-hybridized carbons (Fsp3) is 0.105. The fourth-order valence-electron chi connectivity index (χ4n) is 2.47. The van der Waals surface area contributed by atoms with Crippen LogP contribution in [0.5, 0.6) is 0 Å². The SMILES string of the molecule is O=C(CCc1ccc(-c2cccc([N+](=O)[O-])c2)o1)Nc1cccc(Cl)c1. The third-order valence-electron chi connectivity index (χ3n) is 3.71. The van der Waals surface area contributed by atoms with Crippen LogP contribution in [-0.2, 0) is 11.2 Å². The molecule has 0 aliphatic rings. The molecular formula is C19H15ClN2O4. The molecule has 0 fully saturated rings. The average Bonchev–Trinajstić information content (AvgIpc) is 3.09. The van der Waals surface area contributed by atoms with Crippen molar-refractivity contribution in [3.05, 3.63) is 81.6 Å². The molecule has 0 atom stereocenters. The minimum absolute atomic E-state index is 0.00125. The highest BCUT2D eigenvalue weighted by Crippen LogP contribution is 2.26. The predicted molar refractivity (Wildman–Crippen MR) is 99.2 cm³/mol. The smallest absolute Gasteiger partial charge is 0.270 e. The Labute approximate surface area is 154 Å². The molecule has 7 heteroatoms. The normalized spacial score (nSPS) is 10.5. The molecule has 6 nitrogen and oxygen atoms in total. The van der Waals surface area contributed by atoms with Crippen LogP contribution in [0.15, 0.2) is 65.1 Å². The second-order valence-electron chi connectivity index (χ2n) is 5.63. The highest BCUT2D eigenvalue weighted by atomic mass is 35.5. The zero-order chi connectivity index (χ0) is 18.5. The minimum Gasteiger partial charge on any atom is -0.461 e. The monoisotopic (exact) mass is 370 g/mol. The minimum atomic E-state index is -0.451. The summed E-state index contributed by atoms with van der Waals surface area (Å²) in [5.74, 6) is 1.01. The van der Waals surface area contributed by atoms with E-state index in [1.807, 2.05) is 0 Å². The molecule has 1 aromatic heterocycles. The summed E-state index contributed by atoms with van der Waals surface area (Å²) in [6.45, 7) is 0. The van der Waals surface area contributed by atoms with Crippen LogP contribution in [0.1, 0.15) is 12.2 Å². The van der Waals surface area contributed by atoms with E-state index >= 15 is 0 Å². The Morgan fingerprint density at radius 2 is 1.92 bits per heavy atom. The van der Waals surface area contributed by atoms with E-state index < -0.39 is 4.92 Å². The first-order chi connectivity index (χ1) is 12.5. The lowest BCUT2D eigenvalue weighted by Gasteiger charge is -2.04. The van der Waals surface area contributed by atoms with Gasteiger partial charge in [0, 0.05) is 41.2 Å². The molecular weight excluding hydrogens is 356 g/mol. The lowest BCUT2D eigenvalue weighted by molar-refractivity contribution is -0.384. The summed E-state index contributed by atoms with van der Waals surface area (Å²) in [6, 6.07) is 16.6. The van der Waals surface area contributed by atoms with Gasteiger partial charge >= 0.3 is 0 Å². The van der Waals surface area contributed by atoms with E-state index in [4.69, 9.17) is 16.0 Å². The maximum atomic E-state index is 12.0. The summed E-state index contributed by atoms with van der Waals surface area (Å²) in [7, 11) is 0. The molecule has 0 spiro atoms. The number of carbonyl (C=O) groups excluding carboxylic acids is 1. The zero-order valence-corrected chi connectivity index (χ0v) is 14.4. The number of rotatable bonds is 6. The maximum Gasteiger partial charge on any atom is 0.270 e. The van der Waals surface area contributed by atoms with Crippen LogP contribution in [0.2, 0.25) is 5.02 Å². The molecule has 0 aliphatic carbocycles. The number of hydrogen-bond donors (Lipinski definition) is 1. The van der Waals surface area contributed by atoms with E-state index in [0.717, 1.165) is 0 Å². The largest absolute Gasteiger partial charge is 0.461 e. The third kappa shape index (κ3) is 4.49. The van der Waals surface area contributed by atoms with Gasteiger partial charge in [-0.25, -0.2) is 0 Å². The Bertz CT molecular complexity index is 952. The molecule has 132 valence electrons. The number of aryl methyl sites for hydroxylation is 1. The average molecular weight is 371 g/mol. The van der Waals surface area contributed by atoms with Gasteiger partial charge in [0.05, 0.1) is 4.92 Å². The molecule has 2 aromatic carbocycles. The van der Waals surface area contributed by atoms with E-state index in [2.05, 4.69) is 5.32 Å². The molecule has 3 aromatic rings. The van der Waals surface area contributed by atoms with Crippen molar-refractivity contribution in [2.24, 2.45) is 0 Å². The van der Waals surface area contributed by atoms with Crippen molar-refractivity contribution >= 4 is 28.9 Å². The van der Waals surface area contributed by atoms with Gasteiger partial charge in [-0.1, -0.05) is 29.8 Å². The number of non-ortho nitro benzene ring substituents is 1. The second-order valence-corrected chi connectivity index (χ2v) is 6.07. The predicted octanol–water partition coefficient (Wildman–Crippen LogP) is 5.08. The number of nitro benzene ring substituents is 1. The van der Waals surface area contributed by atoms with E-state index in [-0.39, 0.29) is 18.0 Å². The molecule has 0 saturated carbocycles. The summed E-state index contributed by atoms with van der Waals surface area (Å²) in [5.41, 5.74) is 1.26. The molecule has 26 heavy (non-hydrogen) atoms. The standard InChI is InChI=1S/C19H15ClN2O4/c20-14-4-2-5-15(12-14)21-19(23)10-8-17-7-9-18(26-17)13-3-1-6-16(11-13)22(24)25/h1-7,9,11-12H,8,10H2,(H,21,23). The number of nitrogens with one attached hydrogen (secondary N) is 1. The van der Waals surface area contributed by atoms with Crippen molar-refractivity contribution < 1.29 is 14.1 Å². The lowest BCUT2D eigenvalue weighted by Crippen LogP contribution is -2.12. The summed E-state index contributed by atoms with van der Waals surface area (Å²) < 4.78 is 5.70. The van der Waals surface area contributed by atoms with Crippen LogP contribution in [0.25, 0.3) is 11.3 Å². The van der Waals surface area contributed by atoms with Gasteiger partial charge in [0.1, 0.15) is 11.5 Å². The van der Waals surface area contributed by atoms with Gasteiger partial charge in [0.2, 0.25) is 5.91 Å². The number of anilines is 1. The number of hydrogen-bond acceptors (Lipinski definition) is 4. The van der Waals surface area contributed by atoms with Crippen LogP contribution in [0, 0.1) is 10.1 Å². The molecule has 0 unspecified atom stereocenters. The molecule has 1 heterocycles. The number of benzene rings is 2. The number of carbonyl (C=O) groups is 1. The molecule has 1 N–H and O–H groups in total. The third-order valence-corrected chi connectivity index (χ3v) is 3.95. The van der Waals surface area contributed by atoms with Gasteiger partial charge in [-0.15, -0.1) is 0 Å². The first-order valence-electron chi connectivity index (χ1n) is 7.90. The fourth-order valence-corrected chi connectivity index (χ4v) is 2.66. The molecule has 0 bridgehead atoms.